The number of carbonyl (C=O) groups is 1. The Kier molecular flexibility index (Phi) is 5.25. The van der Waals surface area contributed by atoms with Gasteiger partial charge in [0.05, 0.1) is 11.3 Å². The smallest absolute Gasteiger partial charge is 0.257 e. The van der Waals surface area contributed by atoms with E-state index in [9.17, 15) is 9.90 Å². The highest BCUT2D eigenvalue weighted by molar-refractivity contribution is 5.99. The van der Waals surface area contributed by atoms with Gasteiger partial charge in [0.25, 0.3) is 5.91 Å². The number of benzene rings is 1. The fraction of sp³-hybridized carbons (Fsp3) is 0.389. The fourth-order valence-corrected chi connectivity index (χ4v) is 3.13. The van der Waals surface area contributed by atoms with Gasteiger partial charge in [-0.05, 0) is 13.5 Å². The lowest BCUT2D eigenvalue weighted by Gasteiger charge is -2.39. The molecule has 0 saturated carbocycles. The number of nitrogens with two attached hydrogens (primary N) is 1. The van der Waals surface area contributed by atoms with Gasteiger partial charge in [-0.3, -0.25) is 9.69 Å². The summed E-state index contributed by atoms with van der Waals surface area (Å²) in [6, 6.07) is 9.66. The van der Waals surface area contributed by atoms with Crippen molar-refractivity contribution < 1.29 is 9.90 Å². The maximum Gasteiger partial charge on any atom is 0.257 e. The average molecular weight is 341 g/mol. The first-order chi connectivity index (χ1) is 12.1. The van der Waals surface area contributed by atoms with Crippen molar-refractivity contribution in [2.75, 3.05) is 39.0 Å². The molecule has 2 heterocycles. The molecule has 7 heteroatoms. The summed E-state index contributed by atoms with van der Waals surface area (Å²) in [5.74, 6) is 0.0434. The van der Waals surface area contributed by atoms with Crippen molar-refractivity contribution in [1.82, 2.24) is 19.8 Å². The number of piperazine rings is 1. The first-order valence-corrected chi connectivity index (χ1v) is 8.38. The van der Waals surface area contributed by atoms with E-state index in [-0.39, 0.29) is 24.5 Å². The van der Waals surface area contributed by atoms with Gasteiger partial charge in [-0.2, -0.15) is 0 Å². The molecule has 1 fully saturated rings. The number of aromatic nitrogens is 2. The second kappa shape index (κ2) is 7.58. The van der Waals surface area contributed by atoms with Crippen LogP contribution in [0.1, 0.15) is 16.8 Å². The average Bonchev–Trinajstić information content (AvgIpc) is 2.64. The van der Waals surface area contributed by atoms with Crippen molar-refractivity contribution in [2.24, 2.45) is 0 Å². The Hall–Kier alpha value is -2.51. The topological polar surface area (TPSA) is 95.6 Å². The summed E-state index contributed by atoms with van der Waals surface area (Å²) in [4.78, 5) is 25.4. The zero-order valence-corrected chi connectivity index (χ0v) is 14.3. The van der Waals surface area contributed by atoms with E-state index < -0.39 is 0 Å². The van der Waals surface area contributed by atoms with Gasteiger partial charge in [0.15, 0.2) is 0 Å². The van der Waals surface area contributed by atoms with Crippen LogP contribution in [0, 0.1) is 0 Å². The van der Waals surface area contributed by atoms with Gasteiger partial charge in [0, 0.05) is 44.0 Å². The molecule has 2 aromatic rings. The van der Waals surface area contributed by atoms with Crippen molar-refractivity contribution in [3.8, 4) is 11.3 Å². The zero-order valence-electron chi connectivity index (χ0n) is 14.3. The molecular weight excluding hydrogens is 318 g/mol. The minimum absolute atomic E-state index is 0.102. The highest BCUT2D eigenvalue weighted by Crippen LogP contribution is 2.24. The monoisotopic (exact) mass is 341 g/mol. The second-order valence-corrected chi connectivity index (χ2v) is 6.25. The number of aliphatic hydroxyl groups is 1. The lowest BCUT2D eigenvalue weighted by molar-refractivity contribution is 0.0500. The molecule has 1 aliphatic heterocycles. The minimum atomic E-state index is -0.102. The minimum Gasteiger partial charge on any atom is -0.396 e. The Bertz CT molecular complexity index is 738. The van der Waals surface area contributed by atoms with Crippen LogP contribution in [0.3, 0.4) is 0 Å². The third-order valence-corrected chi connectivity index (χ3v) is 4.61. The van der Waals surface area contributed by atoms with Gasteiger partial charge in [-0.25, -0.2) is 9.97 Å². The molecule has 1 amide bonds. The number of anilines is 1. The van der Waals surface area contributed by atoms with Crippen LogP contribution in [0.2, 0.25) is 0 Å². The van der Waals surface area contributed by atoms with Crippen molar-refractivity contribution in [2.45, 2.75) is 12.5 Å². The Balaban J connectivity index is 1.90. The van der Waals surface area contributed by atoms with E-state index in [1.165, 1.54) is 6.20 Å². The number of nitrogens with zero attached hydrogens (tertiary/aromatic N) is 4. The first kappa shape index (κ1) is 17.3. The van der Waals surface area contributed by atoms with Crippen LogP contribution < -0.4 is 5.73 Å². The van der Waals surface area contributed by atoms with Gasteiger partial charge in [-0.15, -0.1) is 0 Å². The van der Waals surface area contributed by atoms with Crippen molar-refractivity contribution in [3.63, 3.8) is 0 Å². The van der Waals surface area contributed by atoms with E-state index in [4.69, 9.17) is 5.73 Å². The highest BCUT2D eigenvalue weighted by Gasteiger charge is 2.29. The number of amides is 1. The van der Waals surface area contributed by atoms with Crippen LogP contribution in [-0.4, -0.2) is 70.1 Å². The summed E-state index contributed by atoms with van der Waals surface area (Å²) in [5, 5.41) is 9.24. The summed E-state index contributed by atoms with van der Waals surface area (Å²) in [6.45, 7) is 2.09. The second-order valence-electron chi connectivity index (χ2n) is 6.25. The van der Waals surface area contributed by atoms with Gasteiger partial charge in [-0.1, -0.05) is 30.3 Å². The maximum absolute atomic E-state index is 13.1. The Labute approximate surface area is 147 Å². The molecule has 1 aromatic heterocycles. The van der Waals surface area contributed by atoms with Gasteiger partial charge in [0.2, 0.25) is 5.95 Å². The van der Waals surface area contributed by atoms with Gasteiger partial charge in [0.1, 0.15) is 0 Å². The highest BCUT2D eigenvalue weighted by atomic mass is 16.3. The summed E-state index contributed by atoms with van der Waals surface area (Å²) in [6.07, 6.45) is 2.15. The molecule has 1 aliphatic rings. The molecule has 0 bridgehead atoms. The Morgan fingerprint density at radius 3 is 2.80 bits per heavy atom. The molecule has 0 unspecified atom stereocenters. The zero-order chi connectivity index (χ0) is 17.8. The van der Waals surface area contributed by atoms with Crippen LogP contribution in [0.4, 0.5) is 5.95 Å². The Morgan fingerprint density at radius 1 is 1.32 bits per heavy atom. The van der Waals surface area contributed by atoms with E-state index in [1.54, 1.807) is 0 Å². The van der Waals surface area contributed by atoms with Crippen LogP contribution in [0.25, 0.3) is 11.3 Å². The number of likely N-dealkylation sites (N-methyl/N-ethyl adjacent to an activating group) is 1. The number of rotatable bonds is 4. The number of carbonyl (C=O) groups excluding carboxylic acids is 1. The van der Waals surface area contributed by atoms with Crippen LogP contribution in [0.5, 0.6) is 0 Å². The van der Waals surface area contributed by atoms with Crippen LogP contribution in [0.15, 0.2) is 36.5 Å². The molecule has 1 atom stereocenters. The predicted molar refractivity (Wildman–Crippen MR) is 95.9 cm³/mol. The van der Waals surface area contributed by atoms with Gasteiger partial charge >= 0.3 is 0 Å². The SMILES string of the molecule is CN1CCN(C(=O)c2cnc(N)nc2-c2ccccc2)C[C@H]1CCO. The van der Waals surface area contributed by atoms with Crippen molar-refractivity contribution >= 4 is 11.9 Å². The molecule has 1 saturated heterocycles. The van der Waals surface area contributed by atoms with Crippen molar-refractivity contribution in [1.29, 1.82) is 0 Å². The molecule has 0 spiro atoms. The number of aliphatic hydroxyl groups excluding tert-OH is 1. The summed E-state index contributed by atoms with van der Waals surface area (Å²) < 4.78 is 0. The molecule has 3 N–H and O–H groups in total. The molecule has 1 aromatic carbocycles. The standard InChI is InChI=1S/C18H23N5O2/c1-22-8-9-23(12-14(22)7-10-24)17(25)15-11-20-18(19)21-16(15)13-5-3-2-4-6-13/h2-6,11,14,24H,7-10,12H2,1H3,(H2,19,20,21)/t14-/m1/s1. The fourth-order valence-electron chi connectivity index (χ4n) is 3.13. The third-order valence-electron chi connectivity index (χ3n) is 4.61. The molecule has 132 valence electrons. The molecule has 0 aliphatic carbocycles. The number of nitrogen functional groups attached to an aromatic ring is 1. The van der Waals surface area contributed by atoms with Crippen molar-refractivity contribution in [3.05, 3.63) is 42.1 Å². The number of hydrogen-bond acceptors (Lipinski definition) is 6. The first-order valence-electron chi connectivity index (χ1n) is 8.38. The van der Waals surface area contributed by atoms with Crippen LogP contribution in [-0.2, 0) is 0 Å². The lowest BCUT2D eigenvalue weighted by Crippen LogP contribution is -2.53. The molecule has 7 nitrogen and oxygen atoms in total. The van der Waals surface area contributed by atoms with E-state index in [0.29, 0.717) is 30.8 Å². The van der Waals surface area contributed by atoms with E-state index in [1.807, 2.05) is 42.3 Å². The third kappa shape index (κ3) is 3.78. The molecule has 0 radical (unpaired) electrons. The predicted octanol–water partition coefficient (Wildman–Crippen LogP) is 0.864. The van der Waals surface area contributed by atoms with E-state index >= 15 is 0 Å². The number of hydrogen-bond donors (Lipinski definition) is 2. The molecule has 25 heavy (non-hydrogen) atoms. The quantitative estimate of drug-likeness (QED) is 0.856. The lowest BCUT2D eigenvalue weighted by atomic mass is 10.0. The van der Waals surface area contributed by atoms with E-state index in [0.717, 1.165) is 12.1 Å². The maximum atomic E-state index is 13.1. The van der Waals surface area contributed by atoms with Crippen LogP contribution >= 0.6 is 0 Å². The Morgan fingerprint density at radius 2 is 2.08 bits per heavy atom. The molecular formula is C18H23N5O2. The van der Waals surface area contributed by atoms with E-state index in [2.05, 4.69) is 14.9 Å². The largest absolute Gasteiger partial charge is 0.396 e. The summed E-state index contributed by atoms with van der Waals surface area (Å²) >= 11 is 0. The molecule has 3 rings (SSSR count). The normalized spacial score (nSPS) is 18.3. The summed E-state index contributed by atoms with van der Waals surface area (Å²) in [7, 11) is 2.02. The summed E-state index contributed by atoms with van der Waals surface area (Å²) in [5.41, 5.74) is 7.58. The van der Waals surface area contributed by atoms with Gasteiger partial charge < -0.3 is 15.7 Å².